The maximum absolute atomic E-state index is 12.2. The van der Waals surface area contributed by atoms with E-state index in [0.29, 0.717) is 9.23 Å². The van der Waals surface area contributed by atoms with Crippen LogP contribution >= 0.6 is 24.0 Å². The van der Waals surface area contributed by atoms with Crippen LogP contribution in [0.15, 0.2) is 29.4 Å². The van der Waals surface area contributed by atoms with Crippen molar-refractivity contribution >= 4 is 46.3 Å². The Hall–Kier alpha value is -1.73. The summed E-state index contributed by atoms with van der Waals surface area (Å²) < 4.78 is 5.02. The standard InChI is InChI=1S/C13H12N2O3S2/c1-18-11(16)4-6-15-12(17)10(20-13(15)19)7-9-3-2-5-14-8-9/h2-3,5,7-8H,4,6H2,1H3/p+1. The van der Waals surface area contributed by atoms with Crippen molar-refractivity contribution in [2.24, 2.45) is 0 Å². The molecule has 1 fully saturated rings. The highest BCUT2D eigenvalue weighted by Gasteiger charge is 2.32. The minimum Gasteiger partial charge on any atom is -0.469 e. The number of thiocarbonyl (C=S) groups is 1. The summed E-state index contributed by atoms with van der Waals surface area (Å²) in [7, 11) is 1.32. The van der Waals surface area contributed by atoms with E-state index in [1.807, 2.05) is 12.1 Å². The lowest BCUT2D eigenvalue weighted by molar-refractivity contribution is -0.378. The van der Waals surface area contributed by atoms with Gasteiger partial charge in [-0.2, -0.15) is 0 Å². The van der Waals surface area contributed by atoms with Gasteiger partial charge in [-0.05, 0) is 12.1 Å². The minimum absolute atomic E-state index is 0.134. The molecule has 1 amide bonds. The molecule has 0 aliphatic carbocycles. The van der Waals surface area contributed by atoms with Crippen LogP contribution in [0, 0.1) is 0 Å². The second-order valence-electron chi connectivity index (χ2n) is 4.00. The fourth-order valence-corrected chi connectivity index (χ4v) is 2.95. The number of pyridine rings is 1. The van der Waals surface area contributed by atoms with Gasteiger partial charge in [-0.25, -0.2) is 4.98 Å². The fraction of sp³-hybridized carbons (Fsp3) is 0.231. The molecule has 1 saturated heterocycles. The van der Waals surface area contributed by atoms with Crippen molar-refractivity contribution in [3.8, 4) is 0 Å². The Balaban J connectivity index is 2.09. The second-order valence-corrected chi connectivity index (χ2v) is 5.67. The smallest absolute Gasteiger partial charge is 0.307 e. The lowest BCUT2D eigenvalue weighted by atomic mass is 10.2. The largest absolute Gasteiger partial charge is 0.469 e. The Bertz CT molecular complexity index is 572. The number of nitrogens with zero attached hydrogens (tertiary/aromatic N) is 1. The van der Waals surface area contributed by atoms with Crippen LogP contribution in [0.25, 0.3) is 6.08 Å². The topological polar surface area (TPSA) is 60.8 Å². The number of hydrogen-bond acceptors (Lipinski definition) is 5. The zero-order valence-corrected chi connectivity index (χ0v) is 12.4. The average Bonchev–Trinajstić information content (AvgIpc) is 2.72. The Morgan fingerprint density at radius 2 is 2.40 bits per heavy atom. The normalized spacial score (nSPS) is 16.9. The van der Waals surface area contributed by atoms with Gasteiger partial charge in [0.05, 0.1) is 18.4 Å². The van der Waals surface area contributed by atoms with E-state index in [2.05, 4.69) is 9.72 Å². The van der Waals surface area contributed by atoms with Crippen LogP contribution in [0.1, 0.15) is 12.0 Å². The van der Waals surface area contributed by atoms with E-state index in [1.165, 1.54) is 23.8 Å². The predicted molar refractivity (Wildman–Crippen MR) is 79.5 cm³/mol. The molecule has 1 aromatic rings. The molecule has 1 N–H and O–H groups in total. The third-order valence-electron chi connectivity index (χ3n) is 2.67. The van der Waals surface area contributed by atoms with Crippen LogP contribution < -0.4 is 4.98 Å². The van der Waals surface area contributed by atoms with E-state index in [0.717, 1.165) is 5.56 Å². The molecule has 1 aliphatic rings. The van der Waals surface area contributed by atoms with Crippen LogP contribution in [0.2, 0.25) is 0 Å². The molecule has 104 valence electrons. The number of nitrogens with one attached hydrogen (secondary N) is 1. The maximum atomic E-state index is 12.2. The van der Waals surface area contributed by atoms with Gasteiger partial charge in [0.2, 0.25) is 0 Å². The minimum atomic E-state index is -0.360. The van der Waals surface area contributed by atoms with Gasteiger partial charge in [0.1, 0.15) is 4.32 Å². The fourth-order valence-electron chi connectivity index (χ4n) is 1.65. The highest BCUT2D eigenvalue weighted by Crippen LogP contribution is 2.32. The summed E-state index contributed by atoms with van der Waals surface area (Å²) in [4.78, 5) is 28.3. The number of amides is 1. The van der Waals surface area contributed by atoms with Crippen LogP contribution in [-0.4, -0.2) is 34.8 Å². The SMILES string of the molecule is COC(=O)CCN1C(=O)C(=Cc2ccc[nH+]c2)SC1=S. The molecule has 0 atom stereocenters. The van der Waals surface area contributed by atoms with E-state index in [9.17, 15) is 9.59 Å². The molecule has 0 aromatic carbocycles. The number of ether oxygens (including phenoxy) is 1. The third kappa shape index (κ3) is 3.43. The number of thioether (sulfide) groups is 1. The molecule has 0 unspecified atom stereocenters. The lowest BCUT2D eigenvalue weighted by Crippen LogP contribution is -2.30. The summed E-state index contributed by atoms with van der Waals surface area (Å²) in [6.07, 6.45) is 5.49. The summed E-state index contributed by atoms with van der Waals surface area (Å²) in [5.41, 5.74) is 0.890. The van der Waals surface area contributed by atoms with Gasteiger partial charge < -0.3 is 4.74 Å². The van der Waals surface area contributed by atoms with Crippen LogP contribution in [0.3, 0.4) is 0 Å². The van der Waals surface area contributed by atoms with E-state index in [1.54, 1.807) is 18.5 Å². The van der Waals surface area contributed by atoms with E-state index in [4.69, 9.17) is 12.2 Å². The molecular weight excluding hydrogens is 296 g/mol. The Morgan fingerprint density at radius 3 is 3.05 bits per heavy atom. The summed E-state index contributed by atoms with van der Waals surface area (Å²) >= 11 is 6.41. The molecule has 20 heavy (non-hydrogen) atoms. The van der Waals surface area contributed by atoms with Gasteiger partial charge in [0.15, 0.2) is 12.4 Å². The Kier molecular flexibility index (Phi) is 4.86. The zero-order valence-electron chi connectivity index (χ0n) is 10.8. The van der Waals surface area contributed by atoms with Gasteiger partial charge in [0.25, 0.3) is 5.91 Å². The van der Waals surface area contributed by atoms with Crippen molar-refractivity contribution in [1.29, 1.82) is 0 Å². The number of aromatic nitrogens is 1. The van der Waals surface area contributed by atoms with Crippen LogP contribution in [0.5, 0.6) is 0 Å². The second kappa shape index (κ2) is 6.62. The first kappa shape index (κ1) is 14.7. The molecule has 5 nitrogen and oxygen atoms in total. The van der Waals surface area contributed by atoms with Gasteiger partial charge in [-0.1, -0.05) is 24.0 Å². The predicted octanol–water partition coefficient (Wildman–Crippen LogP) is 1.26. The average molecular weight is 309 g/mol. The molecule has 2 rings (SSSR count). The monoisotopic (exact) mass is 309 g/mol. The molecule has 0 bridgehead atoms. The van der Waals surface area contributed by atoms with Gasteiger partial charge >= 0.3 is 5.97 Å². The van der Waals surface area contributed by atoms with Crippen molar-refractivity contribution in [3.63, 3.8) is 0 Å². The number of methoxy groups -OCH3 is 1. The van der Waals surface area contributed by atoms with E-state index in [-0.39, 0.29) is 24.8 Å². The number of rotatable bonds is 4. The molecule has 2 heterocycles. The molecular formula is C13H13N2O3S2+. The number of H-pyrrole nitrogens is 1. The van der Waals surface area contributed by atoms with Gasteiger partial charge in [-0.3, -0.25) is 14.5 Å². The summed E-state index contributed by atoms with van der Waals surface area (Å²) in [6.45, 7) is 0.246. The third-order valence-corrected chi connectivity index (χ3v) is 4.05. The lowest BCUT2D eigenvalue weighted by Gasteiger charge is -2.12. The summed E-state index contributed by atoms with van der Waals surface area (Å²) in [5, 5.41) is 0. The highest BCUT2D eigenvalue weighted by atomic mass is 32.2. The summed E-state index contributed by atoms with van der Waals surface area (Å²) in [5.74, 6) is -0.534. The molecule has 1 aliphatic heterocycles. The molecule has 1 aromatic heterocycles. The van der Waals surface area contributed by atoms with Gasteiger partial charge in [-0.15, -0.1) is 0 Å². The van der Waals surface area contributed by atoms with Crippen LogP contribution in [0.4, 0.5) is 0 Å². The molecule has 0 radical (unpaired) electrons. The van der Waals surface area contributed by atoms with Crippen molar-refractivity contribution in [1.82, 2.24) is 4.90 Å². The number of aromatic amines is 1. The summed E-state index contributed by atoms with van der Waals surface area (Å²) in [6, 6.07) is 3.74. The number of carbonyl (C=O) groups excluding carboxylic acids is 2. The quantitative estimate of drug-likeness (QED) is 0.476. The highest BCUT2D eigenvalue weighted by molar-refractivity contribution is 8.26. The van der Waals surface area contributed by atoms with Gasteiger partial charge in [0, 0.05) is 18.2 Å². The number of esters is 1. The first-order chi connectivity index (χ1) is 9.61. The van der Waals surface area contributed by atoms with Crippen molar-refractivity contribution < 1.29 is 19.3 Å². The molecule has 0 saturated carbocycles. The Labute approximate surface area is 126 Å². The van der Waals surface area contributed by atoms with Crippen molar-refractivity contribution in [3.05, 3.63) is 35.0 Å². The van der Waals surface area contributed by atoms with Crippen molar-refractivity contribution in [2.45, 2.75) is 6.42 Å². The first-order valence-corrected chi connectivity index (χ1v) is 7.12. The zero-order chi connectivity index (χ0) is 14.5. The maximum Gasteiger partial charge on any atom is 0.307 e. The number of carbonyl (C=O) groups is 2. The van der Waals surface area contributed by atoms with Crippen LogP contribution in [-0.2, 0) is 14.3 Å². The molecule has 0 spiro atoms. The first-order valence-electron chi connectivity index (χ1n) is 5.90. The van der Waals surface area contributed by atoms with Crippen molar-refractivity contribution in [2.75, 3.05) is 13.7 Å². The van der Waals surface area contributed by atoms with E-state index < -0.39 is 0 Å². The van der Waals surface area contributed by atoms with E-state index >= 15 is 0 Å². The Morgan fingerprint density at radius 1 is 1.60 bits per heavy atom. The molecule has 7 heteroatoms. The number of hydrogen-bond donors (Lipinski definition) is 0.